The van der Waals surface area contributed by atoms with E-state index in [0.717, 1.165) is 24.8 Å². The van der Waals surface area contributed by atoms with Crippen LogP contribution in [0.5, 0.6) is 0 Å². The van der Waals surface area contributed by atoms with E-state index in [4.69, 9.17) is 5.11 Å². The molecule has 1 aliphatic heterocycles. The fraction of sp³-hybridized carbons (Fsp3) is 0.474. The second-order valence-corrected chi connectivity index (χ2v) is 6.53. The molecular formula is C19H24N2O5. The zero-order valence-corrected chi connectivity index (χ0v) is 14.6. The third-order valence-corrected chi connectivity index (χ3v) is 4.37. The molecule has 3 amide bonds. The van der Waals surface area contributed by atoms with Crippen molar-refractivity contribution in [2.24, 2.45) is 5.92 Å². The Bertz CT molecular complexity index is 669. The highest BCUT2D eigenvalue weighted by atomic mass is 16.4. The summed E-state index contributed by atoms with van der Waals surface area (Å²) in [5.41, 5.74) is 1.46. The van der Waals surface area contributed by atoms with E-state index >= 15 is 0 Å². The second-order valence-electron chi connectivity index (χ2n) is 6.53. The Morgan fingerprint density at radius 3 is 2.38 bits per heavy atom. The molecule has 1 aromatic carbocycles. The summed E-state index contributed by atoms with van der Waals surface area (Å²) in [5.74, 6) is -1.74. The first kappa shape index (κ1) is 19.6. The van der Waals surface area contributed by atoms with E-state index in [0.29, 0.717) is 24.9 Å². The molecule has 1 aliphatic rings. The number of hydrogen-bond acceptors (Lipinski definition) is 4. The number of carbonyl (C=O) groups excluding carboxylic acids is 3. The molecule has 1 atom stereocenters. The van der Waals surface area contributed by atoms with Crippen molar-refractivity contribution in [2.75, 3.05) is 6.54 Å². The highest BCUT2D eigenvalue weighted by molar-refractivity contribution is 6.03. The summed E-state index contributed by atoms with van der Waals surface area (Å²) in [6.07, 6.45) is 4.09. The van der Waals surface area contributed by atoms with Crippen LogP contribution in [0.25, 0.3) is 0 Å². The van der Waals surface area contributed by atoms with Gasteiger partial charge >= 0.3 is 5.97 Å². The van der Waals surface area contributed by atoms with Gasteiger partial charge in [0.15, 0.2) is 0 Å². The van der Waals surface area contributed by atoms with Crippen LogP contribution >= 0.6 is 0 Å². The van der Waals surface area contributed by atoms with Crippen LogP contribution < -0.4 is 10.6 Å². The molecular weight excluding hydrogens is 336 g/mol. The number of nitrogens with one attached hydrogen (secondary N) is 2. The molecule has 7 heteroatoms. The van der Waals surface area contributed by atoms with Gasteiger partial charge in [0, 0.05) is 24.9 Å². The third kappa shape index (κ3) is 6.31. The average Bonchev–Trinajstić information content (AvgIpc) is 2.91. The molecule has 1 fully saturated rings. The summed E-state index contributed by atoms with van der Waals surface area (Å²) in [4.78, 5) is 45.3. The van der Waals surface area contributed by atoms with Gasteiger partial charge in [0.2, 0.25) is 11.8 Å². The molecule has 0 bridgehead atoms. The Balaban J connectivity index is 1.69. The molecule has 0 spiro atoms. The van der Waals surface area contributed by atoms with Crippen LogP contribution in [-0.2, 0) is 20.8 Å². The van der Waals surface area contributed by atoms with E-state index in [1.165, 1.54) is 0 Å². The Kier molecular flexibility index (Phi) is 7.32. The maximum absolute atomic E-state index is 12.1. The van der Waals surface area contributed by atoms with Crippen LogP contribution in [0.3, 0.4) is 0 Å². The van der Waals surface area contributed by atoms with Gasteiger partial charge in [-0.15, -0.1) is 0 Å². The molecule has 0 aliphatic carbocycles. The zero-order valence-electron chi connectivity index (χ0n) is 14.6. The van der Waals surface area contributed by atoms with E-state index < -0.39 is 5.97 Å². The minimum absolute atomic E-state index is 0.157. The maximum Gasteiger partial charge on any atom is 0.303 e. The van der Waals surface area contributed by atoms with Gasteiger partial charge in [0.05, 0.1) is 5.92 Å². The first-order valence-corrected chi connectivity index (χ1v) is 8.88. The van der Waals surface area contributed by atoms with Crippen molar-refractivity contribution < 1.29 is 24.3 Å². The lowest BCUT2D eigenvalue weighted by Crippen LogP contribution is -2.24. The Morgan fingerprint density at radius 2 is 1.77 bits per heavy atom. The average molecular weight is 360 g/mol. The van der Waals surface area contributed by atoms with Gasteiger partial charge in [-0.1, -0.05) is 25.0 Å². The predicted molar refractivity (Wildman–Crippen MR) is 94.5 cm³/mol. The summed E-state index contributed by atoms with van der Waals surface area (Å²) >= 11 is 0. The number of unbranched alkanes of at least 4 members (excludes halogenated alkanes) is 3. The fourth-order valence-electron chi connectivity index (χ4n) is 2.91. The Morgan fingerprint density at radius 1 is 1.08 bits per heavy atom. The lowest BCUT2D eigenvalue weighted by Gasteiger charge is -2.08. The highest BCUT2D eigenvalue weighted by Gasteiger charge is 2.30. The summed E-state index contributed by atoms with van der Waals surface area (Å²) in [6, 6.07) is 7.03. The fourth-order valence-corrected chi connectivity index (χ4v) is 2.91. The van der Waals surface area contributed by atoms with Crippen LogP contribution in [-0.4, -0.2) is 35.3 Å². The van der Waals surface area contributed by atoms with Crippen molar-refractivity contribution in [2.45, 2.75) is 44.9 Å². The van der Waals surface area contributed by atoms with Crippen LogP contribution in [0.15, 0.2) is 24.3 Å². The normalized spacial score (nSPS) is 16.4. The molecule has 0 radical (unpaired) electrons. The molecule has 2 rings (SSSR count). The van der Waals surface area contributed by atoms with Crippen LogP contribution in [0.4, 0.5) is 0 Å². The van der Waals surface area contributed by atoms with E-state index in [1.54, 1.807) is 24.3 Å². The minimum Gasteiger partial charge on any atom is -0.481 e. The SMILES string of the molecule is O=C(O)CCCCCCNC(=O)c1ccc(CC2CC(=O)NC2=O)cc1. The summed E-state index contributed by atoms with van der Waals surface area (Å²) in [5, 5.41) is 13.7. The van der Waals surface area contributed by atoms with Crippen molar-refractivity contribution in [1.82, 2.24) is 10.6 Å². The molecule has 0 aromatic heterocycles. The molecule has 1 saturated heterocycles. The standard InChI is InChI=1S/C19H24N2O5/c22-16-12-15(19(26)21-16)11-13-6-8-14(9-7-13)18(25)20-10-4-2-1-3-5-17(23)24/h6-9,15H,1-5,10-12H2,(H,20,25)(H,23,24)(H,21,22,26). The number of rotatable bonds is 10. The zero-order chi connectivity index (χ0) is 18.9. The molecule has 7 nitrogen and oxygen atoms in total. The van der Waals surface area contributed by atoms with E-state index in [1.807, 2.05) is 0 Å². The smallest absolute Gasteiger partial charge is 0.303 e. The molecule has 3 N–H and O–H groups in total. The van der Waals surface area contributed by atoms with Crippen molar-refractivity contribution in [3.8, 4) is 0 Å². The number of carboxylic acids is 1. The monoisotopic (exact) mass is 360 g/mol. The van der Waals surface area contributed by atoms with Crippen molar-refractivity contribution in [3.63, 3.8) is 0 Å². The van der Waals surface area contributed by atoms with Gasteiger partial charge < -0.3 is 10.4 Å². The predicted octanol–water partition coefficient (Wildman–Crippen LogP) is 1.66. The number of benzene rings is 1. The molecule has 1 heterocycles. The van der Waals surface area contributed by atoms with Gasteiger partial charge in [-0.2, -0.15) is 0 Å². The number of amides is 3. The Labute approximate surface area is 152 Å². The first-order valence-electron chi connectivity index (χ1n) is 8.88. The second kappa shape index (κ2) is 9.70. The number of aliphatic carboxylic acids is 1. The molecule has 140 valence electrons. The van der Waals surface area contributed by atoms with Crippen molar-refractivity contribution in [3.05, 3.63) is 35.4 Å². The van der Waals surface area contributed by atoms with Crippen LogP contribution in [0, 0.1) is 5.92 Å². The lowest BCUT2D eigenvalue weighted by atomic mass is 9.97. The Hall–Kier alpha value is -2.70. The number of carboxylic acid groups (broad SMARTS) is 1. The summed E-state index contributed by atoms with van der Waals surface area (Å²) in [6.45, 7) is 0.554. The van der Waals surface area contributed by atoms with Gasteiger partial charge in [-0.3, -0.25) is 24.5 Å². The molecule has 1 unspecified atom stereocenters. The lowest BCUT2D eigenvalue weighted by molar-refractivity contribution is -0.137. The van der Waals surface area contributed by atoms with Gasteiger partial charge in [-0.25, -0.2) is 0 Å². The van der Waals surface area contributed by atoms with Gasteiger partial charge in [-0.05, 0) is 37.0 Å². The first-order chi connectivity index (χ1) is 12.5. The number of carbonyl (C=O) groups is 4. The van der Waals surface area contributed by atoms with Gasteiger partial charge in [0.25, 0.3) is 5.91 Å². The topological polar surface area (TPSA) is 113 Å². The maximum atomic E-state index is 12.1. The minimum atomic E-state index is -0.776. The largest absolute Gasteiger partial charge is 0.481 e. The highest BCUT2D eigenvalue weighted by Crippen LogP contribution is 2.17. The molecule has 26 heavy (non-hydrogen) atoms. The summed E-state index contributed by atoms with van der Waals surface area (Å²) in [7, 11) is 0. The van der Waals surface area contributed by atoms with E-state index in [9.17, 15) is 19.2 Å². The van der Waals surface area contributed by atoms with E-state index in [-0.39, 0.29) is 36.5 Å². The number of imide groups is 1. The molecule has 1 aromatic rings. The molecule has 0 saturated carbocycles. The van der Waals surface area contributed by atoms with Crippen molar-refractivity contribution >= 4 is 23.7 Å². The third-order valence-electron chi connectivity index (χ3n) is 4.37. The van der Waals surface area contributed by atoms with E-state index in [2.05, 4.69) is 10.6 Å². The van der Waals surface area contributed by atoms with Crippen LogP contribution in [0.1, 0.15) is 54.4 Å². The van der Waals surface area contributed by atoms with Crippen molar-refractivity contribution in [1.29, 1.82) is 0 Å². The van der Waals surface area contributed by atoms with Gasteiger partial charge in [0.1, 0.15) is 0 Å². The number of hydrogen-bond donors (Lipinski definition) is 3. The quantitative estimate of drug-likeness (QED) is 0.434. The summed E-state index contributed by atoms with van der Waals surface area (Å²) < 4.78 is 0. The van der Waals surface area contributed by atoms with Crippen LogP contribution in [0.2, 0.25) is 0 Å².